The minimum Gasteiger partial charge on any atom is -0.313 e. The average molecular weight is 316 g/mol. The minimum atomic E-state index is -0.466. The fourth-order valence-corrected chi connectivity index (χ4v) is 2.25. The van der Waals surface area contributed by atoms with Gasteiger partial charge in [0.15, 0.2) is 0 Å². The summed E-state index contributed by atoms with van der Waals surface area (Å²) in [6, 6.07) is 9.16. The number of rotatable bonds is 4. The summed E-state index contributed by atoms with van der Waals surface area (Å²) in [5.74, 6) is -0.923. The van der Waals surface area contributed by atoms with E-state index in [4.69, 9.17) is 23.2 Å². The van der Waals surface area contributed by atoms with Gasteiger partial charge in [0.25, 0.3) is 0 Å². The lowest BCUT2D eigenvalue weighted by Gasteiger charge is -2.17. The van der Waals surface area contributed by atoms with Crippen molar-refractivity contribution >= 4 is 23.2 Å². The zero-order chi connectivity index (χ0) is 14.7. The molecule has 0 aliphatic rings. The van der Waals surface area contributed by atoms with Crippen LogP contribution in [-0.4, -0.2) is 7.05 Å². The summed E-state index contributed by atoms with van der Waals surface area (Å²) in [6.45, 7) is 0. The molecule has 0 bridgehead atoms. The third-order valence-electron chi connectivity index (χ3n) is 3.12. The molecule has 1 atom stereocenters. The van der Waals surface area contributed by atoms with Crippen molar-refractivity contribution in [2.24, 2.45) is 0 Å². The molecule has 0 saturated heterocycles. The van der Waals surface area contributed by atoms with Gasteiger partial charge < -0.3 is 5.32 Å². The summed E-state index contributed by atoms with van der Waals surface area (Å²) >= 11 is 11.3. The van der Waals surface area contributed by atoms with Gasteiger partial charge in [-0.05, 0) is 48.9 Å². The van der Waals surface area contributed by atoms with Crippen LogP contribution >= 0.6 is 23.2 Å². The molecule has 0 heterocycles. The SMILES string of the molecule is CNC(Cc1ccc(Cl)c(F)c1)c1ccc(Cl)c(F)c1. The van der Waals surface area contributed by atoms with Crippen molar-refractivity contribution in [2.45, 2.75) is 12.5 Å². The van der Waals surface area contributed by atoms with Crippen molar-refractivity contribution in [2.75, 3.05) is 7.05 Å². The van der Waals surface area contributed by atoms with Crippen LogP contribution in [0.15, 0.2) is 36.4 Å². The summed E-state index contributed by atoms with van der Waals surface area (Å²) in [6.07, 6.45) is 0.520. The molecule has 2 aromatic rings. The van der Waals surface area contributed by atoms with E-state index in [2.05, 4.69) is 5.32 Å². The molecule has 2 rings (SSSR count). The fraction of sp³-hybridized carbons (Fsp3) is 0.200. The first-order valence-corrected chi connectivity index (χ1v) is 6.83. The molecule has 20 heavy (non-hydrogen) atoms. The zero-order valence-corrected chi connectivity index (χ0v) is 12.3. The maximum Gasteiger partial charge on any atom is 0.142 e. The highest BCUT2D eigenvalue weighted by Gasteiger charge is 2.13. The smallest absolute Gasteiger partial charge is 0.142 e. The Labute approximate surface area is 126 Å². The van der Waals surface area contributed by atoms with Crippen molar-refractivity contribution < 1.29 is 8.78 Å². The van der Waals surface area contributed by atoms with E-state index in [0.29, 0.717) is 6.42 Å². The number of halogens is 4. The first-order chi connectivity index (χ1) is 9.51. The standard InChI is InChI=1S/C15H13Cl2F2N/c1-20-15(10-3-5-12(17)14(19)8-10)7-9-2-4-11(16)13(18)6-9/h2-6,8,15,20H,7H2,1H3. The van der Waals surface area contributed by atoms with Gasteiger partial charge >= 0.3 is 0 Å². The molecule has 5 heteroatoms. The Morgan fingerprint density at radius 2 is 1.60 bits per heavy atom. The highest BCUT2D eigenvalue weighted by atomic mass is 35.5. The van der Waals surface area contributed by atoms with Gasteiger partial charge in [0, 0.05) is 6.04 Å². The second kappa shape index (κ2) is 6.53. The first-order valence-electron chi connectivity index (χ1n) is 6.07. The van der Waals surface area contributed by atoms with Crippen LogP contribution in [-0.2, 0) is 6.42 Å². The summed E-state index contributed by atoms with van der Waals surface area (Å²) in [5, 5.41) is 3.26. The number of likely N-dealkylation sites (N-methyl/N-ethyl adjacent to an activating group) is 1. The number of hydrogen-bond donors (Lipinski definition) is 1. The Bertz CT molecular complexity index is 617. The van der Waals surface area contributed by atoms with Crippen molar-refractivity contribution in [3.8, 4) is 0 Å². The van der Waals surface area contributed by atoms with Gasteiger partial charge in [-0.3, -0.25) is 0 Å². The van der Waals surface area contributed by atoms with E-state index in [0.717, 1.165) is 11.1 Å². The lowest BCUT2D eigenvalue weighted by atomic mass is 9.99. The summed E-state index contributed by atoms with van der Waals surface area (Å²) < 4.78 is 26.9. The molecule has 0 aromatic heterocycles. The largest absolute Gasteiger partial charge is 0.313 e. The Balaban J connectivity index is 2.23. The minimum absolute atomic E-state index is 0.0844. The second-order valence-corrected chi connectivity index (χ2v) is 5.28. The molecule has 2 aromatic carbocycles. The quantitative estimate of drug-likeness (QED) is 0.856. The lowest BCUT2D eigenvalue weighted by Crippen LogP contribution is -2.19. The van der Waals surface area contributed by atoms with E-state index in [1.165, 1.54) is 24.3 Å². The van der Waals surface area contributed by atoms with Crippen molar-refractivity contribution in [3.05, 3.63) is 69.2 Å². The summed E-state index contributed by atoms with van der Waals surface area (Å²) in [7, 11) is 1.77. The highest BCUT2D eigenvalue weighted by Crippen LogP contribution is 2.24. The van der Waals surface area contributed by atoms with Gasteiger partial charge in [0.1, 0.15) is 11.6 Å². The van der Waals surface area contributed by atoms with Crippen LogP contribution in [0.5, 0.6) is 0 Å². The number of nitrogens with one attached hydrogen (secondary N) is 1. The topological polar surface area (TPSA) is 12.0 Å². The molecular formula is C15H13Cl2F2N. The van der Waals surface area contributed by atoms with Gasteiger partial charge in [-0.25, -0.2) is 8.78 Å². The molecule has 1 N–H and O–H groups in total. The molecule has 0 fully saturated rings. The van der Waals surface area contributed by atoms with Crippen molar-refractivity contribution in [1.29, 1.82) is 0 Å². The van der Waals surface area contributed by atoms with E-state index in [-0.39, 0.29) is 16.1 Å². The van der Waals surface area contributed by atoms with Crippen LogP contribution in [0.1, 0.15) is 17.2 Å². The monoisotopic (exact) mass is 315 g/mol. The Hall–Kier alpha value is -1.16. The molecule has 0 saturated carbocycles. The number of benzene rings is 2. The van der Waals surface area contributed by atoms with Gasteiger partial charge in [-0.15, -0.1) is 0 Å². The molecule has 1 unspecified atom stereocenters. The molecule has 0 amide bonds. The van der Waals surface area contributed by atoms with E-state index < -0.39 is 11.6 Å². The molecule has 0 spiro atoms. The second-order valence-electron chi connectivity index (χ2n) is 4.47. The summed E-state index contributed by atoms with van der Waals surface area (Å²) in [5.41, 5.74) is 1.53. The maximum atomic E-state index is 13.5. The van der Waals surface area contributed by atoms with E-state index in [1.54, 1.807) is 19.2 Å². The summed E-state index contributed by atoms with van der Waals surface area (Å²) in [4.78, 5) is 0. The predicted octanol–water partition coefficient (Wildman–Crippen LogP) is 4.77. The third-order valence-corrected chi connectivity index (χ3v) is 3.73. The molecule has 1 nitrogen and oxygen atoms in total. The first kappa shape index (κ1) is 15.2. The van der Waals surface area contributed by atoms with E-state index in [9.17, 15) is 8.78 Å². The Morgan fingerprint density at radius 3 is 2.15 bits per heavy atom. The van der Waals surface area contributed by atoms with E-state index in [1.807, 2.05) is 0 Å². The van der Waals surface area contributed by atoms with Crippen LogP contribution in [0.2, 0.25) is 10.0 Å². The van der Waals surface area contributed by atoms with Gasteiger partial charge in [-0.1, -0.05) is 35.3 Å². The fourth-order valence-electron chi connectivity index (χ4n) is 2.02. The van der Waals surface area contributed by atoms with Crippen LogP contribution in [0.4, 0.5) is 8.78 Å². The van der Waals surface area contributed by atoms with Gasteiger partial charge in [0.2, 0.25) is 0 Å². The molecule has 0 aliphatic heterocycles. The average Bonchev–Trinajstić information content (AvgIpc) is 2.43. The molecule has 106 valence electrons. The van der Waals surface area contributed by atoms with Crippen LogP contribution in [0.3, 0.4) is 0 Å². The van der Waals surface area contributed by atoms with Crippen molar-refractivity contribution in [1.82, 2.24) is 5.32 Å². The third kappa shape index (κ3) is 3.48. The predicted molar refractivity (Wildman–Crippen MR) is 78.3 cm³/mol. The van der Waals surface area contributed by atoms with E-state index >= 15 is 0 Å². The highest BCUT2D eigenvalue weighted by molar-refractivity contribution is 6.31. The number of hydrogen-bond acceptors (Lipinski definition) is 1. The van der Waals surface area contributed by atoms with Gasteiger partial charge in [-0.2, -0.15) is 0 Å². The molecule has 0 aliphatic carbocycles. The van der Waals surface area contributed by atoms with Gasteiger partial charge in [0.05, 0.1) is 10.0 Å². The van der Waals surface area contributed by atoms with Crippen LogP contribution < -0.4 is 5.32 Å². The normalized spacial score (nSPS) is 12.4. The lowest BCUT2D eigenvalue weighted by molar-refractivity contribution is 0.573. The van der Waals surface area contributed by atoms with Crippen molar-refractivity contribution in [3.63, 3.8) is 0 Å². The van der Waals surface area contributed by atoms with Crippen LogP contribution in [0.25, 0.3) is 0 Å². The Kier molecular flexibility index (Phi) is 4.97. The van der Waals surface area contributed by atoms with Crippen LogP contribution in [0, 0.1) is 11.6 Å². The Morgan fingerprint density at radius 1 is 1.00 bits per heavy atom. The zero-order valence-electron chi connectivity index (χ0n) is 10.8. The maximum absolute atomic E-state index is 13.5. The molecular weight excluding hydrogens is 303 g/mol. The molecule has 0 radical (unpaired) electrons.